The zero-order valence-electron chi connectivity index (χ0n) is 18.1. The molecular weight excluding hydrogens is 435 g/mol. The molecule has 1 heterocycles. The second kappa shape index (κ2) is 9.63. The highest BCUT2D eigenvalue weighted by Gasteiger charge is 2.15. The summed E-state index contributed by atoms with van der Waals surface area (Å²) in [5.41, 5.74) is 5.20. The number of benzene rings is 3. The van der Waals surface area contributed by atoms with E-state index in [1.54, 1.807) is 23.6 Å². The van der Waals surface area contributed by atoms with Crippen LogP contribution in [0, 0.1) is 24.1 Å². The van der Waals surface area contributed by atoms with Crippen molar-refractivity contribution in [3.63, 3.8) is 0 Å². The Morgan fingerprint density at radius 1 is 1.09 bits per heavy atom. The number of anilines is 2. The second-order valence-electron chi connectivity index (χ2n) is 7.60. The van der Waals surface area contributed by atoms with Gasteiger partial charge in [-0.15, -0.1) is 0 Å². The highest BCUT2D eigenvalue weighted by molar-refractivity contribution is 7.03. The number of rotatable bonds is 6. The number of aromatic nitrogens is 1. The van der Waals surface area contributed by atoms with Gasteiger partial charge in [-0.05, 0) is 60.3 Å². The summed E-state index contributed by atoms with van der Waals surface area (Å²) in [7, 11) is 0. The van der Waals surface area contributed by atoms with E-state index >= 15 is 0 Å². The topological polar surface area (TPSA) is 77.8 Å². The summed E-state index contributed by atoms with van der Waals surface area (Å²) in [6.07, 6.45) is 0. The monoisotopic (exact) mass is 456 g/mol. The van der Waals surface area contributed by atoms with Crippen molar-refractivity contribution in [1.82, 2.24) is 4.37 Å². The van der Waals surface area contributed by atoms with Gasteiger partial charge in [0.2, 0.25) is 0 Å². The van der Waals surface area contributed by atoms with Gasteiger partial charge in [-0.1, -0.05) is 48.5 Å². The summed E-state index contributed by atoms with van der Waals surface area (Å²) in [4.78, 5) is 12.5. The maximum absolute atomic E-state index is 14.0. The van der Waals surface area contributed by atoms with Gasteiger partial charge < -0.3 is 10.6 Å². The van der Waals surface area contributed by atoms with Crippen molar-refractivity contribution in [2.45, 2.75) is 19.9 Å². The standard InChI is InChI=1S/C26H21FN4OS/c1-16-5-3-8-23(25(16)30-26(32)24-13-14-33-31-24)29-17(2)18-9-11-19(12-10-18)20-6-4-7-22(27)21(20)15-28/h3-14,17,29H,1-2H3,(H,30,32). The molecule has 164 valence electrons. The Labute approximate surface area is 195 Å². The predicted molar refractivity (Wildman–Crippen MR) is 130 cm³/mol. The lowest BCUT2D eigenvalue weighted by molar-refractivity contribution is 0.102. The normalized spacial score (nSPS) is 11.5. The Balaban J connectivity index is 1.55. The molecule has 4 rings (SSSR count). The summed E-state index contributed by atoms with van der Waals surface area (Å²) < 4.78 is 18.1. The maximum Gasteiger partial charge on any atom is 0.275 e. The van der Waals surface area contributed by atoms with Crippen molar-refractivity contribution in [3.8, 4) is 17.2 Å². The fraction of sp³-hybridized carbons (Fsp3) is 0.115. The Morgan fingerprint density at radius 2 is 1.85 bits per heavy atom. The number of nitriles is 1. The smallest absolute Gasteiger partial charge is 0.275 e. The largest absolute Gasteiger partial charge is 0.377 e. The van der Waals surface area contributed by atoms with E-state index in [2.05, 4.69) is 15.0 Å². The molecule has 1 unspecified atom stereocenters. The average Bonchev–Trinajstić information content (AvgIpc) is 3.36. The van der Waals surface area contributed by atoms with Crippen molar-refractivity contribution < 1.29 is 9.18 Å². The highest BCUT2D eigenvalue weighted by atomic mass is 32.1. The fourth-order valence-electron chi connectivity index (χ4n) is 3.61. The molecule has 0 aliphatic rings. The Hall–Kier alpha value is -4.02. The van der Waals surface area contributed by atoms with Crippen LogP contribution in [0.5, 0.6) is 0 Å². The molecule has 1 amide bonds. The van der Waals surface area contributed by atoms with Crippen molar-refractivity contribution >= 4 is 28.8 Å². The molecule has 0 bridgehead atoms. The van der Waals surface area contributed by atoms with Crippen LogP contribution in [0.25, 0.3) is 11.1 Å². The summed E-state index contributed by atoms with van der Waals surface area (Å²) in [5, 5.41) is 17.5. The molecule has 1 atom stereocenters. The minimum absolute atomic E-state index is 0.0386. The number of carbonyl (C=O) groups excluding carboxylic acids is 1. The predicted octanol–water partition coefficient (Wildman–Crippen LogP) is 6.55. The number of nitrogens with zero attached hydrogens (tertiary/aromatic N) is 2. The lowest BCUT2D eigenvalue weighted by atomic mass is 9.97. The van der Waals surface area contributed by atoms with Gasteiger partial charge in [-0.2, -0.15) is 9.64 Å². The zero-order valence-corrected chi connectivity index (χ0v) is 18.9. The van der Waals surface area contributed by atoms with E-state index in [-0.39, 0.29) is 17.5 Å². The number of halogens is 1. The number of amides is 1. The molecule has 0 saturated carbocycles. The summed E-state index contributed by atoms with van der Waals surface area (Å²) in [5.74, 6) is -0.783. The Bertz CT molecular complexity index is 1330. The van der Waals surface area contributed by atoms with Gasteiger partial charge in [0.15, 0.2) is 0 Å². The van der Waals surface area contributed by atoms with E-state index in [1.807, 2.05) is 62.4 Å². The molecular formula is C26H21FN4OS. The molecule has 4 aromatic rings. The third kappa shape index (κ3) is 4.76. The van der Waals surface area contributed by atoms with Crippen LogP contribution in [0.3, 0.4) is 0 Å². The Kier molecular flexibility index (Phi) is 6.48. The van der Waals surface area contributed by atoms with Gasteiger partial charge in [0.25, 0.3) is 5.91 Å². The number of nitrogens with one attached hydrogen (secondary N) is 2. The van der Waals surface area contributed by atoms with Crippen LogP contribution in [0.15, 0.2) is 72.1 Å². The van der Waals surface area contributed by atoms with Crippen molar-refractivity contribution in [3.05, 3.63) is 100 Å². The summed E-state index contributed by atoms with van der Waals surface area (Å²) >= 11 is 1.23. The fourth-order valence-corrected chi connectivity index (χ4v) is 4.12. The molecule has 7 heteroatoms. The van der Waals surface area contributed by atoms with Crippen LogP contribution >= 0.6 is 11.5 Å². The van der Waals surface area contributed by atoms with E-state index in [0.29, 0.717) is 16.9 Å². The lowest BCUT2D eigenvalue weighted by Gasteiger charge is -2.20. The van der Waals surface area contributed by atoms with E-state index in [4.69, 9.17) is 0 Å². The SMILES string of the molecule is Cc1cccc(NC(C)c2ccc(-c3cccc(F)c3C#N)cc2)c1NC(=O)c1ccsn1. The van der Waals surface area contributed by atoms with Crippen LogP contribution in [0.4, 0.5) is 15.8 Å². The zero-order chi connectivity index (χ0) is 23.4. The molecule has 33 heavy (non-hydrogen) atoms. The van der Waals surface area contributed by atoms with E-state index in [1.165, 1.54) is 17.6 Å². The van der Waals surface area contributed by atoms with Crippen molar-refractivity contribution in [1.29, 1.82) is 5.26 Å². The van der Waals surface area contributed by atoms with Crippen molar-refractivity contribution in [2.24, 2.45) is 0 Å². The molecule has 0 aliphatic carbocycles. The second-order valence-corrected chi connectivity index (χ2v) is 8.26. The molecule has 1 aromatic heterocycles. The number of aryl methyl sites for hydroxylation is 1. The van der Waals surface area contributed by atoms with Crippen LogP contribution in [-0.4, -0.2) is 10.3 Å². The minimum Gasteiger partial charge on any atom is -0.377 e. The van der Waals surface area contributed by atoms with Crippen molar-refractivity contribution in [2.75, 3.05) is 10.6 Å². The number of para-hydroxylation sites is 1. The average molecular weight is 457 g/mol. The summed E-state index contributed by atoms with van der Waals surface area (Å²) in [6.45, 7) is 3.96. The molecule has 0 radical (unpaired) electrons. The van der Waals surface area contributed by atoms with Gasteiger partial charge in [0.1, 0.15) is 17.6 Å². The molecule has 3 aromatic carbocycles. The van der Waals surface area contributed by atoms with E-state index in [0.717, 1.165) is 22.4 Å². The highest BCUT2D eigenvalue weighted by Crippen LogP contribution is 2.31. The molecule has 0 fully saturated rings. The first-order chi connectivity index (χ1) is 16.0. The van der Waals surface area contributed by atoms with Gasteiger partial charge in [-0.25, -0.2) is 4.39 Å². The molecule has 0 saturated heterocycles. The van der Waals surface area contributed by atoms with Crippen LogP contribution in [0.1, 0.15) is 40.1 Å². The third-order valence-corrected chi connectivity index (χ3v) is 5.96. The van der Waals surface area contributed by atoms with Gasteiger partial charge >= 0.3 is 0 Å². The number of hydrogen-bond donors (Lipinski definition) is 2. The van der Waals surface area contributed by atoms with Gasteiger partial charge in [-0.3, -0.25) is 4.79 Å². The van der Waals surface area contributed by atoms with Crippen LogP contribution in [-0.2, 0) is 0 Å². The quantitative estimate of drug-likeness (QED) is 0.345. The van der Waals surface area contributed by atoms with E-state index < -0.39 is 5.82 Å². The molecule has 2 N–H and O–H groups in total. The van der Waals surface area contributed by atoms with Gasteiger partial charge in [0.05, 0.1) is 16.9 Å². The Morgan fingerprint density at radius 3 is 2.55 bits per heavy atom. The van der Waals surface area contributed by atoms with Crippen LogP contribution < -0.4 is 10.6 Å². The maximum atomic E-state index is 14.0. The molecule has 5 nitrogen and oxygen atoms in total. The third-order valence-electron chi connectivity index (χ3n) is 5.40. The number of hydrogen-bond acceptors (Lipinski definition) is 5. The molecule has 0 aliphatic heterocycles. The first kappa shape index (κ1) is 22.2. The van der Waals surface area contributed by atoms with Crippen LogP contribution in [0.2, 0.25) is 0 Å². The van der Waals surface area contributed by atoms with E-state index in [9.17, 15) is 14.4 Å². The molecule has 0 spiro atoms. The first-order valence-corrected chi connectivity index (χ1v) is 11.2. The first-order valence-electron chi connectivity index (χ1n) is 10.3. The minimum atomic E-state index is -0.527. The summed E-state index contributed by atoms with van der Waals surface area (Å²) in [6, 6.07) is 21.6. The van der Waals surface area contributed by atoms with Gasteiger partial charge in [0, 0.05) is 17.0 Å². The number of carbonyl (C=O) groups is 1. The lowest BCUT2D eigenvalue weighted by Crippen LogP contribution is -2.16.